The number of benzene rings is 1. The third kappa shape index (κ3) is 2.50. The fraction of sp³-hybridized carbons (Fsp3) is 0.462. The number of nitrogens with zero attached hydrogens (tertiary/aromatic N) is 1. The van der Waals surface area contributed by atoms with Gasteiger partial charge < -0.3 is 0 Å². The predicted molar refractivity (Wildman–Crippen MR) is 65.2 cm³/mol. The summed E-state index contributed by atoms with van der Waals surface area (Å²) < 4.78 is 22.6. The molecule has 0 unspecified atom stereocenters. The molecule has 0 aliphatic heterocycles. The van der Waals surface area contributed by atoms with E-state index in [9.17, 15) is 8.42 Å². The van der Waals surface area contributed by atoms with Crippen LogP contribution in [0.5, 0.6) is 0 Å². The van der Waals surface area contributed by atoms with Gasteiger partial charge >= 0.3 is 0 Å². The molecule has 0 saturated heterocycles. The SMILES string of the molecule is CS(=O)(=O)c1ccc(CC2(C#N)CCC2)cc1. The van der Waals surface area contributed by atoms with Crippen molar-refractivity contribution in [1.82, 2.24) is 0 Å². The van der Waals surface area contributed by atoms with Crippen LogP contribution in [0.3, 0.4) is 0 Å². The molecule has 90 valence electrons. The first-order chi connectivity index (χ1) is 7.95. The first kappa shape index (κ1) is 12.1. The molecule has 17 heavy (non-hydrogen) atoms. The van der Waals surface area contributed by atoms with E-state index in [1.807, 2.05) is 12.1 Å². The number of nitriles is 1. The molecule has 0 N–H and O–H groups in total. The van der Waals surface area contributed by atoms with Gasteiger partial charge in [0.2, 0.25) is 0 Å². The smallest absolute Gasteiger partial charge is 0.175 e. The summed E-state index contributed by atoms with van der Waals surface area (Å²) in [6.45, 7) is 0. The molecular formula is C13H15NO2S. The topological polar surface area (TPSA) is 57.9 Å². The molecule has 0 amide bonds. The highest BCUT2D eigenvalue weighted by atomic mass is 32.2. The van der Waals surface area contributed by atoms with E-state index < -0.39 is 9.84 Å². The number of hydrogen-bond donors (Lipinski definition) is 0. The molecule has 1 fully saturated rings. The summed E-state index contributed by atoms with van der Waals surface area (Å²) >= 11 is 0. The van der Waals surface area contributed by atoms with Crippen molar-refractivity contribution < 1.29 is 8.42 Å². The van der Waals surface area contributed by atoms with Gasteiger partial charge in [-0.25, -0.2) is 8.42 Å². The molecule has 1 aliphatic rings. The van der Waals surface area contributed by atoms with Crippen LogP contribution in [0.4, 0.5) is 0 Å². The Labute approximate surface area is 102 Å². The molecule has 0 radical (unpaired) electrons. The second-order valence-corrected chi connectivity index (χ2v) is 6.85. The second-order valence-electron chi connectivity index (χ2n) is 4.84. The van der Waals surface area contributed by atoms with Gasteiger partial charge in [-0.15, -0.1) is 0 Å². The lowest BCUT2D eigenvalue weighted by Crippen LogP contribution is -2.29. The second kappa shape index (κ2) is 4.15. The summed E-state index contributed by atoms with van der Waals surface area (Å²) in [5.74, 6) is 0. The Kier molecular flexibility index (Phi) is 2.96. The Morgan fingerprint density at radius 1 is 1.29 bits per heavy atom. The van der Waals surface area contributed by atoms with Crippen molar-refractivity contribution in [2.75, 3.05) is 6.26 Å². The van der Waals surface area contributed by atoms with E-state index in [-0.39, 0.29) is 5.41 Å². The van der Waals surface area contributed by atoms with Gasteiger partial charge in [0.25, 0.3) is 0 Å². The highest BCUT2D eigenvalue weighted by Gasteiger charge is 2.37. The van der Waals surface area contributed by atoms with E-state index in [0.717, 1.165) is 31.2 Å². The zero-order valence-corrected chi connectivity index (χ0v) is 10.6. The zero-order valence-electron chi connectivity index (χ0n) is 9.81. The van der Waals surface area contributed by atoms with Crippen LogP contribution in [0.2, 0.25) is 0 Å². The normalized spacial score (nSPS) is 18.1. The van der Waals surface area contributed by atoms with Crippen LogP contribution in [0.25, 0.3) is 0 Å². The molecule has 1 aromatic carbocycles. The van der Waals surface area contributed by atoms with Gasteiger partial charge in [0.05, 0.1) is 16.4 Å². The standard InChI is InChI=1S/C13H15NO2S/c1-17(15,16)12-5-3-11(4-6-12)9-13(10-14)7-2-8-13/h3-6H,2,7-9H2,1H3. The maximum Gasteiger partial charge on any atom is 0.175 e. The van der Waals surface area contributed by atoms with Crippen molar-refractivity contribution in [3.05, 3.63) is 29.8 Å². The molecule has 0 bridgehead atoms. The molecule has 1 aliphatic carbocycles. The lowest BCUT2D eigenvalue weighted by atomic mass is 9.66. The molecule has 2 rings (SSSR count). The van der Waals surface area contributed by atoms with Crippen LogP contribution in [0.15, 0.2) is 29.2 Å². The minimum absolute atomic E-state index is 0.202. The van der Waals surface area contributed by atoms with Crippen molar-refractivity contribution in [2.45, 2.75) is 30.6 Å². The lowest BCUT2D eigenvalue weighted by molar-refractivity contribution is 0.214. The minimum atomic E-state index is -3.13. The number of rotatable bonds is 3. The maximum absolute atomic E-state index is 11.3. The van der Waals surface area contributed by atoms with Crippen LogP contribution in [-0.4, -0.2) is 14.7 Å². The van der Waals surface area contributed by atoms with E-state index in [0.29, 0.717) is 4.90 Å². The Balaban J connectivity index is 2.17. The summed E-state index contributed by atoms with van der Waals surface area (Å²) in [7, 11) is -3.13. The first-order valence-corrected chi connectivity index (χ1v) is 7.55. The summed E-state index contributed by atoms with van der Waals surface area (Å²) in [4.78, 5) is 0.334. The maximum atomic E-state index is 11.3. The van der Waals surface area contributed by atoms with Gasteiger partial charge in [0.15, 0.2) is 9.84 Å². The van der Waals surface area contributed by atoms with Crippen LogP contribution in [0, 0.1) is 16.7 Å². The molecular weight excluding hydrogens is 234 g/mol. The molecule has 0 heterocycles. The summed E-state index contributed by atoms with van der Waals surface area (Å²) in [5, 5.41) is 9.14. The van der Waals surface area contributed by atoms with E-state index in [1.54, 1.807) is 12.1 Å². The largest absolute Gasteiger partial charge is 0.224 e. The number of sulfone groups is 1. The van der Waals surface area contributed by atoms with Gasteiger partial charge in [0, 0.05) is 6.26 Å². The fourth-order valence-corrected chi connectivity index (χ4v) is 2.81. The van der Waals surface area contributed by atoms with Crippen molar-refractivity contribution >= 4 is 9.84 Å². The molecule has 0 spiro atoms. The van der Waals surface area contributed by atoms with Gasteiger partial charge in [0.1, 0.15) is 0 Å². The van der Waals surface area contributed by atoms with Crippen molar-refractivity contribution in [3.8, 4) is 6.07 Å². The molecule has 1 saturated carbocycles. The minimum Gasteiger partial charge on any atom is -0.224 e. The Morgan fingerprint density at radius 2 is 1.88 bits per heavy atom. The summed E-state index contributed by atoms with van der Waals surface area (Å²) in [6.07, 6.45) is 4.96. The van der Waals surface area contributed by atoms with Crippen LogP contribution >= 0.6 is 0 Å². The quantitative estimate of drug-likeness (QED) is 0.826. The van der Waals surface area contributed by atoms with Gasteiger partial charge in [-0.3, -0.25) is 0 Å². The monoisotopic (exact) mass is 249 g/mol. The summed E-state index contributed by atoms with van der Waals surface area (Å²) in [6, 6.07) is 9.26. The van der Waals surface area contributed by atoms with E-state index >= 15 is 0 Å². The Morgan fingerprint density at radius 3 is 2.24 bits per heavy atom. The average Bonchev–Trinajstić information content (AvgIpc) is 2.23. The van der Waals surface area contributed by atoms with Crippen LogP contribution in [0.1, 0.15) is 24.8 Å². The average molecular weight is 249 g/mol. The lowest BCUT2D eigenvalue weighted by Gasteiger charge is -2.35. The third-order valence-electron chi connectivity index (χ3n) is 3.44. The predicted octanol–water partition coefficient (Wildman–Crippen LogP) is 2.33. The molecule has 3 nitrogen and oxygen atoms in total. The first-order valence-electron chi connectivity index (χ1n) is 5.65. The highest BCUT2D eigenvalue weighted by Crippen LogP contribution is 2.42. The third-order valence-corrected chi connectivity index (χ3v) is 4.57. The van der Waals surface area contributed by atoms with Crippen molar-refractivity contribution in [1.29, 1.82) is 5.26 Å². The molecule has 1 aromatic rings. The Hall–Kier alpha value is -1.34. The highest BCUT2D eigenvalue weighted by molar-refractivity contribution is 7.90. The zero-order chi connectivity index (χ0) is 12.5. The van der Waals surface area contributed by atoms with Gasteiger partial charge in [-0.1, -0.05) is 18.6 Å². The van der Waals surface area contributed by atoms with E-state index in [1.165, 1.54) is 6.26 Å². The number of hydrogen-bond acceptors (Lipinski definition) is 3. The fourth-order valence-electron chi connectivity index (χ4n) is 2.18. The van der Waals surface area contributed by atoms with Gasteiger partial charge in [-0.2, -0.15) is 5.26 Å². The van der Waals surface area contributed by atoms with Crippen molar-refractivity contribution in [2.24, 2.45) is 5.41 Å². The summed E-state index contributed by atoms with van der Waals surface area (Å²) in [5.41, 5.74) is 0.839. The van der Waals surface area contributed by atoms with E-state index in [4.69, 9.17) is 5.26 Å². The van der Waals surface area contributed by atoms with Crippen LogP contribution in [-0.2, 0) is 16.3 Å². The molecule has 0 atom stereocenters. The van der Waals surface area contributed by atoms with Crippen LogP contribution < -0.4 is 0 Å². The molecule has 4 heteroatoms. The van der Waals surface area contributed by atoms with E-state index in [2.05, 4.69) is 6.07 Å². The van der Waals surface area contributed by atoms with Crippen molar-refractivity contribution in [3.63, 3.8) is 0 Å². The van der Waals surface area contributed by atoms with Gasteiger partial charge in [-0.05, 0) is 37.0 Å². The molecule has 0 aromatic heterocycles. The Bertz CT molecular complexity index is 548.